The summed E-state index contributed by atoms with van der Waals surface area (Å²) in [6, 6.07) is 9.64. The van der Waals surface area contributed by atoms with E-state index in [-0.39, 0.29) is 23.9 Å². The summed E-state index contributed by atoms with van der Waals surface area (Å²) in [7, 11) is 1.63. The highest BCUT2D eigenvalue weighted by molar-refractivity contribution is 7.99. The zero-order chi connectivity index (χ0) is 26.2. The molecule has 3 aromatic rings. The fourth-order valence-corrected chi connectivity index (χ4v) is 4.54. The molecule has 10 heteroatoms. The van der Waals surface area contributed by atoms with E-state index in [0.29, 0.717) is 17.9 Å². The van der Waals surface area contributed by atoms with Gasteiger partial charge in [0.15, 0.2) is 0 Å². The summed E-state index contributed by atoms with van der Waals surface area (Å²) < 4.78 is 5.61. The first kappa shape index (κ1) is 26.3. The van der Waals surface area contributed by atoms with E-state index in [1.165, 1.54) is 6.33 Å². The third-order valence-electron chi connectivity index (χ3n) is 5.99. The summed E-state index contributed by atoms with van der Waals surface area (Å²) in [5, 5.41) is 7.26. The van der Waals surface area contributed by atoms with E-state index >= 15 is 0 Å². The Morgan fingerprint density at radius 2 is 2.14 bits per heavy atom. The van der Waals surface area contributed by atoms with Gasteiger partial charge in [0.05, 0.1) is 22.9 Å². The molecule has 4 rings (SSSR count). The van der Waals surface area contributed by atoms with Crippen molar-refractivity contribution >= 4 is 45.8 Å². The van der Waals surface area contributed by atoms with Gasteiger partial charge in [-0.05, 0) is 31.2 Å². The number of pyridine rings is 1. The Morgan fingerprint density at radius 1 is 1.27 bits per heavy atom. The minimum absolute atomic E-state index is 0.0898. The average Bonchev–Trinajstić information content (AvgIpc) is 3.01. The van der Waals surface area contributed by atoms with Gasteiger partial charge in [-0.15, -0.1) is 0 Å². The molecule has 192 valence electrons. The number of para-hydroxylation sites is 1. The van der Waals surface area contributed by atoms with Crippen molar-refractivity contribution in [3.63, 3.8) is 0 Å². The summed E-state index contributed by atoms with van der Waals surface area (Å²) in [6.45, 7) is 2.92. The molecule has 9 nitrogen and oxygen atoms in total. The molecule has 4 N–H and O–H groups in total. The van der Waals surface area contributed by atoms with E-state index < -0.39 is 0 Å². The minimum Gasteiger partial charge on any atom is -0.385 e. The Labute approximate surface area is 220 Å². The highest BCUT2D eigenvalue weighted by Gasteiger charge is 2.15. The Balaban J connectivity index is 1.50. The zero-order valence-electron chi connectivity index (χ0n) is 21.1. The second-order valence-electron chi connectivity index (χ2n) is 8.56. The van der Waals surface area contributed by atoms with Crippen molar-refractivity contribution in [3.8, 4) is 0 Å². The number of hydrogen-bond acceptors (Lipinski definition) is 9. The molecule has 2 unspecified atom stereocenters. The van der Waals surface area contributed by atoms with Crippen LogP contribution in [0.2, 0.25) is 0 Å². The number of carbonyl (C=O) groups is 1. The third-order valence-corrected chi connectivity index (χ3v) is 6.99. The van der Waals surface area contributed by atoms with Gasteiger partial charge >= 0.3 is 0 Å². The number of rotatable bonds is 8. The number of aromatic nitrogens is 3. The molecule has 1 aliphatic heterocycles. The zero-order valence-corrected chi connectivity index (χ0v) is 22.0. The molecule has 0 radical (unpaired) electrons. The number of amidine groups is 1. The number of hydrogen-bond donors (Lipinski definition) is 3. The second kappa shape index (κ2) is 12.5. The Bertz CT molecular complexity index is 1360. The van der Waals surface area contributed by atoms with E-state index in [4.69, 9.17) is 10.5 Å². The van der Waals surface area contributed by atoms with E-state index in [2.05, 4.69) is 42.9 Å². The number of ether oxygens (including phenoxy) is 1. The van der Waals surface area contributed by atoms with Gasteiger partial charge in [0.1, 0.15) is 24.6 Å². The molecule has 1 aromatic carbocycles. The summed E-state index contributed by atoms with van der Waals surface area (Å²) in [4.78, 5) is 30.0. The van der Waals surface area contributed by atoms with Crippen LogP contribution < -0.4 is 16.4 Å². The van der Waals surface area contributed by atoms with E-state index in [9.17, 15) is 4.79 Å². The van der Waals surface area contributed by atoms with Crippen LogP contribution in [0.15, 0.2) is 66.2 Å². The van der Waals surface area contributed by atoms with Crippen molar-refractivity contribution in [2.75, 3.05) is 31.8 Å². The maximum Gasteiger partial charge on any atom is 0.251 e. The van der Waals surface area contributed by atoms with Crippen LogP contribution in [0.25, 0.3) is 16.5 Å². The van der Waals surface area contributed by atoms with E-state index in [1.807, 2.05) is 37.3 Å². The summed E-state index contributed by atoms with van der Waals surface area (Å²) in [6.07, 6.45) is 11.6. The van der Waals surface area contributed by atoms with Gasteiger partial charge in [0, 0.05) is 48.3 Å². The third kappa shape index (κ3) is 6.72. The van der Waals surface area contributed by atoms with Crippen LogP contribution in [0.3, 0.4) is 0 Å². The molecule has 2 aromatic heterocycles. The Morgan fingerprint density at radius 3 is 2.95 bits per heavy atom. The number of allylic oxidation sites excluding steroid dienone is 2. The van der Waals surface area contributed by atoms with Crippen molar-refractivity contribution in [3.05, 3.63) is 78.0 Å². The van der Waals surface area contributed by atoms with Crippen LogP contribution in [0, 0.1) is 0 Å². The fraction of sp³-hybridized carbons (Fsp3) is 0.296. The molecule has 2 atom stereocenters. The van der Waals surface area contributed by atoms with Crippen molar-refractivity contribution < 1.29 is 9.53 Å². The summed E-state index contributed by atoms with van der Waals surface area (Å²) in [5.41, 5.74) is 10.0. The molecule has 1 aliphatic rings. The largest absolute Gasteiger partial charge is 0.385 e. The fourth-order valence-electron chi connectivity index (χ4n) is 3.94. The molecule has 0 bridgehead atoms. The lowest BCUT2D eigenvalue weighted by Gasteiger charge is -2.17. The van der Waals surface area contributed by atoms with Gasteiger partial charge < -0.3 is 21.1 Å². The quantitative estimate of drug-likeness (QED) is 0.415. The first-order valence-electron chi connectivity index (χ1n) is 12.0. The maximum atomic E-state index is 12.3. The van der Waals surface area contributed by atoms with Crippen molar-refractivity contribution in [1.82, 2.24) is 20.3 Å². The smallest absolute Gasteiger partial charge is 0.251 e. The van der Waals surface area contributed by atoms with E-state index in [1.54, 1.807) is 37.3 Å². The Hall–Kier alpha value is -3.76. The standard InChI is InChI=1S/C27H31N7O2S/c1-17-7-8-19(13-31-24(28)15-36-17)23-12-25(34-16-33-23)32-14-20(37-3)11-18-5-4-6-21-22(27(35)29-2)9-10-30-26(18)21/h4-10,12-13,16-17,20H,11,14-15H2,1-3H3,(H2,28,31)(H,29,35)(H,32,33,34). The number of benzene rings is 1. The molecule has 0 saturated heterocycles. The average molecular weight is 518 g/mol. The highest BCUT2D eigenvalue weighted by atomic mass is 32.2. The predicted molar refractivity (Wildman–Crippen MR) is 151 cm³/mol. The van der Waals surface area contributed by atoms with Gasteiger partial charge in [-0.3, -0.25) is 9.78 Å². The molecule has 0 spiro atoms. The van der Waals surface area contributed by atoms with E-state index in [0.717, 1.165) is 40.0 Å². The molecule has 1 amide bonds. The van der Waals surface area contributed by atoms with Gasteiger partial charge in [0.25, 0.3) is 5.91 Å². The topological polar surface area (TPSA) is 127 Å². The van der Waals surface area contributed by atoms with Gasteiger partial charge in [-0.1, -0.05) is 30.4 Å². The molecule has 0 aliphatic carbocycles. The molecule has 0 fully saturated rings. The van der Waals surface area contributed by atoms with Crippen molar-refractivity contribution in [2.45, 2.75) is 24.7 Å². The number of fused-ring (bicyclic) bond motifs is 1. The van der Waals surface area contributed by atoms with Crippen molar-refractivity contribution in [1.29, 1.82) is 0 Å². The number of carbonyl (C=O) groups excluding carboxylic acids is 1. The monoisotopic (exact) mass is 517 g/mol. The summed E-state index contributed by atoms with van der Waals surface area (Å²) in [5.74, 6) is 1.01. The molecular formula is C27H31N7O2S. The first-order valence-corrected chi connectivity index (χ1v) is 13.3. The number of anilines is 1. The number of nitrogens with zero attached hydrogens (tertiary/aromatic N) is 4. The lowest BCUT2D eigenvalue weighted by molar-refractivity contribution is 0.0964. The summed E-state index contributed by atoms with van der Waals surface area (Å²) >= 11 is 1.77. The number of thioether (sulfide) groups is 1. The molecular weight excluding hydrogens is 486 g/mol. The van der Waals surface area contributed by atoms with Gasteiger partial charge in [0.2, 0.25) is 0 Å². The van der Waals surface area contributed by atoms with Crippen LogP contribution >= 0.6 is 11.8 Å². The van der Waals surface area contributed by atoms with Crippen LogP contribution in [-0.4, -0.2) is 64.5 Å². The van der Waals surface area contributed by atoms with Gasteiger partial charge in [-0.25, -0.2) is 15.0 Å². The van der Waals surface area contributed by atoms with Gasteiger partial charge in [-0.2, -0.15) is 11.8 Å². The number of nitrogens with two attached hydrogens (primary N) is 1. The second-order valence-corrected chi connectivity index (χ2v) is 9.70. The predicted octanol–water partition coefficient (Wildman–Crippen LogP) is 3.44. The van der Waals surface area contributed by atoms with Crippen LogP contribution in [0.4, 0.5) is 5.82 Å². The molecule has 37 heavy (non-hydrogen) atoms. The van der Waals surface area contributed by atoms with Crippen molar-refractivity contribution in [2.24, 2.45) is 10.7 Å². The highest BCUT2D eigenvalue weighted by Crippen LogP contribution is 2.24. The van der Waals surface area contributed by atoms with Crippen LogP contribution in [0.5, 0.6) is 0 Å². The SMILES string of the molecule is CNC(=O)c1ccnc2c(CC(CNc3cc(C4=CN=C(N)COC(C)C=C4)ncn3)SC)cccc12. The Kier molecular flexibility index (Phi) is 8.86. The molecule has 0 saturated carbocycles. The number of amides is 1. The normalized spacial score (nSPS) is 16.7. The van der Waals surface area contributed by atoms with Crippen LogP contribution in [0.1, 0.15) is 28.5 Å². The molecule has 3 heterocycles. The van der Waals surface area contributed by atoms with Crippen LogP contribution in [-0.2, 0) is 11.2 Å². The lowest BCUT2D eigenvalue weighted by Crippen LogP contribution is -2.21. The number of aliphatic imine (C=N–C) groups is 1. The minimum atomic E-state index is -0.118. The number of nitrogens with one attached hydrogen (secondary N) is 2. The first-order chi connectivity index (χ1) is 18.0. The maximum absolute atomic E-state index is 12.3. The lowest BCUT2D eigenvalue weighted by atomic mass is 10.0.